The monoisotopic (exact) mass is 247 g/mol. The molecule has 1 fully saturated rings. The van der Waals surface area contributed by atoms with Crippen LogP contribution in [0.25, 0.3) is 0 Å². The number of hydrogen-bond acceptors (Lipinski definition) is 2. The van der Waals surface area contributed by atoms with Crippen molar-refractivity contribution in [2.45, 2.75) is 46.1 Å². The molecule has 1 saturated heterocycles. The maximum absolute atomic E-state index is 4.69. The Hall–Kier alpha value is -0.830. The maximum atomic E-state index is 4.69. The van der Waals surface area contributed by atoms with Crippen LogP contribution in [0.1, 0.15) is 38.2 Å². The number of aromatic nitrogens is 2. The molecule has 0 radical (unpaired) electrons. The van der Waals surface area contributed by atoms with Crippen molar-refractivity contribution in [3.05, 3.63) is 17.7 Å². The van der Waals surface area contributed by atoms with Gasteiger partial charge >= 0.3 is 0 Å². The fourth-order valence-corrected chi connectivity index (χ4v) is 3.46. The fourth-order valence-electron chi connectivity index (χ4n) is 3.46. The zero-order valence-electron chi connectivity index (χ0n) is 11.7. The van der Waals surface area contributed by atoms with Crippen molar-refractivity contribution in [1.29, 1.82) is 0 Å². The molecule has 1 aromatic rings. The molecule has 2 atom stereocenters. The highest BCUT2D eigenvalue weighted by Gasteiger charge is 2.25. The fraction of sp³-hybridized carbons (Fsp3) is 0.800. The summed E-state index contributed by atoms with van der Waals surface area (Å²) in [7, 11) is 0. The molecule has 0 aromatic carbocycles. The lowest BCUT2D eigenvalue weighted by atomic mass is 9.99. The molecule has 2 aliphatic rings. The molecule has 0 bridgehead atoms. The summed E-state index contributed by atoms with van der Waals surface area (Å²) >= 11 is 0. The van der Waals surface area contributed by atoms with Crippen molar-refractivity contribution in [2.75, 3.05) is 19.6 Å². The first-order valence-electron chi connectivity index (χ1n) is 7.52. The van der Waals surface area contributed by atoms with Gasteiger partial charge in [0.2, 0.25) is 0 Å². The molecule has 0 N–H and O–H groups in total. The van der Waals surface area contributed by atoms with Crippen LogP contribution < -0.4 is 0 Å². The van der Waals surface area contributed by atoms with E-state index in [2.05, 4.69) is 29.5 Å². The second-order valence-corrected chi connectivity index (χ2v) is 6.17. The number of aryl methyl sites for hydroxylation is 1. The molecule has 0 amide bonds. The van der Waals surface area contributed by atoms with Gasteiger partial charge in [-0.1, -0.05) is 13.8 Å². The summed E-state index contributed by atoms with van der Waals surface area (Å²) in [6.45, 7) is 9.57. The van der Waals surface area contributed by atoms with Gasteiger partial charge in [0, 0.05) is 31.4 Å². The minimum atomic E-state index is 0.821. The molecule has 3 heterocycles. The van der Waals surface area contributed by atoms with Crippen LogP contribution in [0, 0.1) is 11.8 Å². The third-order valence-electron chi connectivity index (χ3n) is 4.70. The molecule has 3 nitrogen and oxygen atoms in total. The lowest BCUT2D eigenvalue weighted by Gasteiger charge is -2.23. The number of hydrogen-bond donors (Lipinski definition) is 0. The molecule has 100 valence electrons. The molecule has 2 unspecified atom stereocenters. The summed E-state index contributed by atoms with van der Waals surface area (Å²) in [5.41, 5.74) is 1.47. The van der Waals surface area contributed by atoms with Gasteiger partial charge in [0.15, 0.2) is 0 Å². The van der Waals surface area contributed by atoms with E-state index in [-0.39, 0.29) is 0 Å². The number of likely N-dealkylation sites (tertiary alicyclic amines) is 1. The van der Waals surface area contributed by atoms with Gasteiger partial charge in [0.05, 0.1) is 0 Å². The lowest BCUT2D eigenvalue weighted by molar-refractivity contribution is 0.337. The van der Waals surface area contributed by atoms with E-state index in [1.165, 1.54) is 63.4 Å². The summed E-state index contributed by atoms with van der Waals surface area (Å²) in [5, 5.41) is 0. The topological polar surface area (TPSA) is 21.1 Å². The molecule has 1 aromatic heterocycles. The second-order valence-electron chi connectivity index (χ2n) is 6.17. The minimum absolute atomic E-state index is 0.821. The third kappa shape index (κ3) is 2.33. The Morgan fingerprint density at radius 2 is 2.22 bits per heavy atom. The quantitative estimate of drug-likeness (QED) is 0.817. The SMILES string of the molecule is CCN1CCC(Cc2ncc3n2CC(C)CC3)C1. The Morgan fingerprint density at radius 3 is 3.00 bits per heavy atom. The first-order valence-corrected chi connectivity index (χ1v) is 7.52. The van der Waals surface area contributed by atoms with E-state index in [4.69, 9.17) is 4.98 Å². The van der Waals surface area contributed by atoms with Crippen molar-refractivity contribution >= 4 is 0 Å². The van der Waals surface area contributed by atoms with Crippen LogP contribution in [0.4, 0.5) is 0 Å². The van der Waals surface area contributed by atoms with E-state index in [1.54, 1.807) is 0 Å². The minimum Gasteiger partial charge on any atom is -0.332 e. The highest BCUT2D eigenvalue weighted by Crippen LogP contribution is 2.25. The lowest BCUT2D eigenvalue weighted by Crippen LogP contribution is -2.23. The zero-order valence-corrected chi connectivity index (χ0v) is 11.7. The van der Waals surface area contributed by atoms with E-state index in [1.807, 2.05) is 0 Å². The van der Waals surface area contributed by atoms with Crippen LogP contribution in [-0.4, -0.2) is 34.1 Å². The zero-order chi connectivity index (χ0) is 12.5. The van der Waals surface area contributed by atoms with Crippen molar-refractivity contribution in [1.82, 2.24) is 14.5 Å². The average molecular weight is 247 g/mol. The standard InChI is InChI=1S/C15H25N3/c1-3-17-7-6-13(11-17)8-15-16-9-14-5-4-12(2)10-18(14)15/h9,12-13H,3-8,10-11H2,1-2H3. The summed E-state index contributed by atoms with van der Waals surface area (Å²) in [5.74, 6) is 2.99. The molecular formula is C15H25N3. The Bertz CT molecular complexity index is 410. The van der Waals surface area contributed by atoms with Crippen LogP contribution in [-0.2, 0) is 19.4 Å². The van der Waals surface area contributed by atoms with Gasteiger partial charge in [-0.2, -0.15) is 0 Å². The average Bonchev–Trinajstić information content (AvgIpc) is 2.97. The van der Waals surface area contributed by atoms with Crippen LogP contribution in [0.5, 0.6) is 0 Å². The highest BCUT2D eigenvalue weighted by molar-refractivity contribution is 5.09. The number of rotatable bonds is 3. The van der Waals surface area contributed by atoms with Crippen LogP contribution in [0.15, 0.2) is 6.20 Å². The number of imidazole rings is 1. The van der Waals surface area contributed by atoms with Gasteiger partial charge in [0.25, 0.3) is 0 Å². The molecular weight excluding hydrogens is 222 g/mol. The van der Waals surface area contributed by atoms with Gasteiger partial charge in [-0.25, -0.2) is 4.98 Å². The van der Waals surface area contributed by atoms with Crippen molar-refractivity contribution in [3.63, 3.8) is 0 Å². The molecule has 3 heteroatoms. The maximum Gasteiger partial charge on any atom is 0.109 e. The summed E-state index contributed by atoms with van der Waals surface area (Å²) < 4.78 is 2.50. The summed E-state index contributed by atoms with van der Waals surface area (Å²) in [6.07, 6.45) is 7.21. The summed E-state index contributed by atoms with van der Waals surface area (Å²) in [6, 6.07) is 0. The number of nitrogens with zero attached hydrogens (tertiary/aromatic N) is 3. The largest absolute Gasteiger partial charge is 0.332 e. The first-order chi connectivity index (χ1) is 8.76. The molecule has 3 rings (SSSR count). The first kappa shape index (κ1) is 12.2. The highest BCUT2D eigenvalue weighted by atomic mass is 15.1. The van der Waals surface area contributed by atoms with E-state index in [9.17, 15) is 0 Å². The Labute approximate surface area is 110 Å². The normalized spacial score (nSPS) is 28.6. The van der Waals surface area contributed by atoms with E-state index >= 15 is 0 Å². The molecule has 18 heavy (non-hydrogen) atoms. The van der Waals surface area contributed by atoms with E-state index in [0.717, 1.165) is 11.8 Å². The molecule has 0 spiro atoms. The van der Waals surface area contributed by atoms with Crippen LogP contribution >= 0.6 is 0 Å². The smallest absolute Gasteiger partial charge is 0.109 e. The van der Waals surface area contributed by atoms with Gasteiger partial charge in [0.1, 0.15) is 5.82 Å². The van der Waals surface area contributed by atoms with E-state index < -0.39 is 0 Å². The number of fused-ring (bicyclic) bond motifs is 1. The van der Waals surface area contributed by atoms with Gasteiger partial charge < -0.3 is 9.47 Å². The molecule has 0 saturated carbocycles. The molecule has 0 aliphatic carbocycles. The Morgan fingerprint density at radius 1 is 1.33 bits per heavy atom. The second kappa shape index (κ2) is 5.04. The van der Waals surface area contributed by atoms with Gasteiger partial charge in [-0.15, -0.1) is 0 Å². The van der Waals surface area contributed by atoms with Crippen LogP contribution in [0.2, 0.25) is 0 Å². The third-order valence-corrected chi connectivity index (χ3v) is 4.70. The van der Waals surface area contributed by atoms with Crippen molar-refractivity contribution in [2.24, 2.45) is 11.8 Å². The van der Waals surface area contributed by atoms with Crippen LogP contribution in [0.3, 0.4) is 0 Å². The predicted octanol–water partition coefficient (Wildman–Crippen LogP) is 2.35. The summed E-state index contributed by atoms with van der Waals surface area (Å²) in [4.78, 5) is 7.25. The van der Waals surface area contributed by atoms with Gasteiger partial charge in [-0.05, 0) is 44.2 Å². The molecule has 2 aliphatic heterocycles. The van der Waals surface area contributed by atoms with Crippen molar-refractivity contribution in [3.8, 4) is 0 Å². The van der Waals surface area contributed by atoms with E-state index in [0.29, 0.717) is 0 Å². The van der Waals surface area contributed by atoms with Gasteiger partial charge in [-0.3, -0.25) is 0 Å². The van der Waals surface area contributed by atoms with Crippen molar-refractivity contribution < 1.29 is 0 Å². The Kier molecular flexibility index (Phi) is 3.42. The predicted molar refractivity (Wildman–Crippen MR) is 73.6 cm³/mol. The Balaban J connectivity index is 1.68.